The van der Waals surface area contributed by atoms with Crippen molar-refractivity contribution in [3.63, 3.8) is 0 Å². The predicted octanol–water partition coefficient (Wildman–Crippen LogP) is 4.71. The van der Waals surface area contributed by atoms with E-state index in [0.29, 0.717) is 11.5 Å². The molecule has 11 heteroatoms. The van der Waals surface area contributed by atoms with Gasteiger partial charge in [0.15, 0.2) is 23.0 Å². The zero-order chi connectivity index (χ0) is 23.1. The average Bonchev–Trinajstić information content (AvgIpc) is 2.75. The first-order valence-electron chi connectivity index (χ1n) is 8.81. The fourth-order valence-electron chi connectivity index (χ4n) is 2.54. The first-order valence-corrected chi connectivity index (χ1v) is 9.57. The van der Waals surface area contributed by atoms with Crippen LogP contribution in [0.4, 0.5) is 11.4 Å². The number of ether oxygens (including phenoxy) is 4. The number of anilines is 1. The number of amides is 1. The molecule has 0 radical (unpaired) electrons. The van der Waals surface area contributed by atoms with E-state index in [1.54, 1.807) is 12.1 Å². The number of azo groups is 1. The van der Waals surface area contributed by atoms with E-state index in [2.05, 4.69) is 15.5 Å². The molecule has 2 aromatic carbocycles. The summed E-state index contributed by atoms with van der Waals surface area (Å²) in [5.41, 5.74) is 0.360. The Morgan fingerprint density at radius 1 is 0.968 bits per heavy atom. The maximum atomic E-state index is 12.7. The summed E-state index contributed by atoms with van der Waals surface area (Å²) in [7, 11) is 5.76. The van der Waals surface area contributed by atoms with Crippen LogP contribution in [-0.2, 0) is 9.59 Å². The van der Waals surface area contributed by atoms with Gasteiger partial charge >= 0.3 is 0 Å². The molecule has 0 aliphatic rings. The van der Waals surface area contributed by atoms with Gasteiger partial charge in [-0.2, -0.15) is 5.11 Å². The Labute approximate surface area is 189 Å². The molecular formula is C20H21Cl2N3O6. The highest BCUT2D eigenvalue weighted by Crippen LogP contribution is 2.41. The smallest absolute Gasteiger partial charge is 0.258 e. The maximum Gasteiger partial charge on any atom is 0.258 e. The molecular weight excluding hydrogens is 449 g/mol. The molecule has 1 atom stereocenters. The van der Waals surface area contributed by atoms with E-state index in [4.69, 9.17) is 42.1 Å². The number of nitrogens with zero attached hydrogens (tertiary/aromatic N) is 2. The molecule has 0 aromatic heterocycles. The maximum absolute atomic E-state index is 12.7. The largest absolute Gasteiger partial charge is 0.497 e. The molecule has 0 aliphatic heterocycles. The number of halogens is 2. The van der Waals surface area contributed by atoms with E-state index in [0.717, 1.165) is 0 Å². The van der Waals surface area contributed by atoms with Gasteiger partial charge in [-0.1, -0.05) is 23.2 Å². The van der Waals surface area contributed by atoms with Gasteiger partial charge in [-0.3, -0.25) is 9.59 Å². The van der Waals surface area contributed by atoms with E-state index in [1.165, 1.54) is 47.5 Å². The predicted molar refractivity (Wildman–Crippen MR) is 117 cm³/mol. The highest BCUT2D eigenvalue weighted by Gasteiger charge is 2.25. The number of hydrogen-bond donors (Lipinski definition) is 1. The summed E-state index contributed by atoms with van der Waals surface area (Å²) in [5.74, 6) is 0.0474. The second-order valence-corrected chi connectivity index (χ2v) is 6.83. The van der Waals surface area contributed by atoms with E-state index in [-0.39, 0.29) is 32.9 Å². The van der Waals surface area contributed by atoms with Crippen molar-refractivity contribution in [3.8, 4) is 23.0 Å². The third-order valence-electron chi connectivity index (χ3n) is 4.11. The highest BCUT2D eigenvalue weighted by molar-refractivity contribution is 6.35. The lowest BCUT2D eigenvalue weighted by Gasteiger charge is -2.15. The van der Waals surface area contributed by atoms with E-state index >= 15 is 0 Å². The third-order valence-corrected chi connectivity index (χ3v) is 4.77. The minimum absolute atomic E-state index is 0.106. The van der Waals surface area contributed by atoms with Gasteiger partial charge in [0, 0.05) is 12.1 Å². The zero-order valence-electron chi connectivity index (χ0n) is 17.5. The number of methoxy groups -OCH3 is 4. The molecule has 0 fully saturated rings. The molecule has 1 unspecified atom stereocenters. The lowest BCUT2D eigenvalue weighted by molar-refractivity contribution is -0.126. The molecule has 2 aromatic rings. The van der Waals surface area contributed by atoms with Crippen molar-refractivity contribution in [2.45, 2.75) is 13.0 Å². The van der Waals surface area contributed by atoms with Crippen molar-refractivity contribution in [2.24, 2.45) is 10.2 Å². The fourth-order valence-corrected chi connectivity index (χ4v) is 3.06. The Balaban J connectivity index is 2.34. The van der Waals surface area contributed by atoms with Gasteiger partial charge in [0.25, 0.3) is 5.91 Å². The van der Waals surface area contributed by atoms with Crippen LogP contribution in [0.1, 0.15) is 6.92 Å². The number of nitrogens with one attached hydrogen (secondary N) is 1. The Kier molecular flexibility index (Phi) is 8.47. The number of rotatable bonds is 9. The second kappa shape index (κ2) is 10.8. The van der Waals surface area contributed by atoms with Crippen LogP contribution in [0, 0.1) is 0 Å². The fraction of sp³-hybridized carbons (Fsp3) is 0.300. The van der Waals surface area contributed by atoms with Crippen LogP contribution < -0.4 is 24.3 Å². The standard InChI is InChI=1S/C20H21Cl2N3O6/c1-10(26)17(24-25-18-12(21)8-11(28-2)9-15(18)30-4)20(27)23-13-6-7-14(29-3)19(31-5)16(13)22/h6-9,17H,1-5H3,(H,23,27). The third kappa shape index (κ3) is 5.56. The molecule has 0 aliphatic carbocycles. The van der Waals surface area contributed by atoms with Crippen LogP contribution in [0.3, 0.4) is 0 Å². The van der Waals surface area contributed by atoms with Gasteiger partial charge < -0.3 is 24.3 Å². The van der Waals surface area contributed by atoms with Crippen LogP contribution >= 0.6 is 23.2 Å². The summed E-state index contributed by atoms with van der Waals surface area (Å²) in [6, 6.07) is 4.68. The van der Waals surface area contributed by atoms with Crippen LogP contribution in [0.15, 0.2) is 34.5 Å². The molecule has 9 nitrogen and oxygen atoms in total. The summed E-state index contributed by atoms with van der Waals surface area (Å²) in [6.45, 7) is 1.21. The Morgan fingerprint density at radius 2 is 1.65 bits per heavy atom. The molecule has 2 rings (SSSR count). The van der Waals surface area contributed by atoms with E-state index in [1.807, 2.05) is 0 Å². The Bertz CT molecular complexity index is 1010. The van der Waals surface area contributed by atoms with Crippen molar-refractivity contribution in [1.82, 2.24) is 0 Å². The summed E-state index contributed by atoms with van der Waals surface area (Å²) in [5, 5.41) is 10.7. The van der Waals surface area contributed by atoms with Gasteiger partial charge in [-0.25, -0.2) is 0 Å². The van der Waals surface area contributed by atoms with Crippen molar-refractivity contribution < 1.29 is 28.5 Å². The molecule has 0 saturated heterocycles. The summed E-state index contributed by atoms with van der Waals surface area (Å²) >= 11 is 12.5. The monoisotopic (exact) mass is 469 g/mol. The molecule has 0 spiro atoms. The molecule has 31 heavy (non-hydrogen) atoms. The van der Waals surface area contributed by atoms with E-state index in [9.17, 15) is 9.59 Å². The van der Waals surface area contributed by atoms with Crippen LogP contribution in [0.25, 0.3) is 0 Å². The summed E-state index contributed by atoms with van der Waals surface area (Å²) in [6.07, 6.45) is 0. The zero-order valence-corrected chi connectivity index (χ0v) is 19.0. The first kappa shape index (κ1) is 24.2. The average molecular weight is 470 g/mol. The number of carbonyl (C=O) groups excluding carboxylic acids is 2. The topological polar surface area (TPSA) is 108 Å². The summed E-state index contributed by atoms with van der Waals surface area (Å²) in [4.78, 5) is 24.8. The number of ketones is 1. The SMILES string of the molecule is COc1cc(Cl)c(N=NC(C(C)=O)C(=O)Nc2ccc(OC)c(OC)c2Cl)c(OC)c1. The van der Waals surface area contributed by atoms with Crippen LogP contribution in [0.2, 0.25) is 10.0 Å². The minimum atomic E-state index is -1.45. The second-order valence-electron chi connectivity index (χ2n) is 6.04. The number of benzene rings is 2. The summed E-state index contributed by atoms with van der Waals surface area (Å²) < 4.78 is 20.7. The normalized spacial score (nSPS) is 11.7. The van der Waals surface area contributed by atoms with Crippen LogP contribution in [-0.4, -0.2) is 46.2 Å². The highest BCUT2D eigenvalue weighted by atomic mass is 35.5. The molecule has 0 heterocycles. The number of Topliss-reactive ketones (excluding diaryl/α,β-unsaturated/α-hetero) is 1. The first-order chi connectivity index (χ1) is 14.8. The minimum Gasteiger partial charge on any atom is -0.497 e. The van der Waals surface area contributed by atoms with Gasteiger partial charge in [0.05, 0.1) is 39.1 Å². The lowest BCUT2D eigenvalue weighted by Crippen LogP contribution is -2.32. The molecule has 1 amide bonds. The number of carbonyl (C=O) groups is 2. The van der Waals surface area contributed by atoms with Crippen LogP contribution in [0.5, 0.6) is 23.0 Å². The molecule has 0 saturated carbocycles. The lowest BCUT2D eigenvalue weighted by atomic mass is 10.2. The van der Waals surface area contributed by atoms with Crippen molar-refractivity contribution in [2.75, 3.05) is 33.8 Å². The quantitative estimate of drug-likeness (QED) is 0.420. The molecule has 1 N–H and O–H groups in total. The van der Waals surface area contributed by atoms with Crippen molar-refractivity contribution >= 4 is 46.3 Å². The van der Waals surface area contributed by atoms with Crippen molar-refractivity contribution in [3.05, 3.63) is 34.3 Å². The van der Waals surface area contributed by atoms with Gasteiger partial charge in [0.1, 0.15) is 16.5 Å². The number of hydrogen-bond acceptors (Lipinski definition) is 8. The van der Waals surface area contributed by atoms with Gasteiger partial charge in [-0.05, 0) is 19.1 Å². The van der Waals surface area contributed by atoms with Gasteiger partial charge in [0.2, 0.25) is 6.04 Å². The molecule has 166 valence electrons. The Morgan fingerprint density at radius 3 is 2.19 bits per heavy atom. The van der Waals surface area contributed by atoms with Crippen molar-refractivity contribution in [1.29, 1.82) is 0 Å². The van der Waals surface area contributed by atoms with Gasteiger partial charge in [-0.15, -0.1) is 5.11 Å². The Hall–Kier alpha value is -3.04. The van der Waals surface area contributed by atoms with E-state index < -0.39 is 17.7 Å². The molecule has 0 bridgehead atoms.